The Morgan fingerprint density at radius 1 is 1.57 bits per heavy atom. The van der Waals surface area contributed by atoms with Gasteiger partial charge >= 0.3 is 0 Å². The van der Waals surface area contributed by atoms with Crippen LogP contribution in [-0.2, 0) is 6.42 Å². The molecule has 76 valence electrons. The summed E-state index contributed by atoms with van der Waals surface area (Å²) in [6, 6.07) is 5.02. The van der Waals surface area contributed by atoms with Crippen molar-refractivity contribution in [3.05, 3.63) is 39.4 Å². The van der Waals surface area contributed by atoms with Crippen LogP contribution in [0, 0.1) is 17.0 Å². The van der Waals surface area contributed by atoms with E-state index in [1.807, 2.05) is 0 Å². The zero-order chi connectivity index (χ0) is 10.7. The van der Waals surface area contributed by atoms with Gasteiger partial charge in [0.15, 0.2) is 0 Å². The number of nitro benzene ring substituents is 1. The van der Waals surface area contributed by atoms with Crippen molar-refractivity contribution in [3.63, 3.8) is 0 Å². The van der Waals surface area contributed by atoms with Gasteiger partial charge in [0.1, 0.15) is 0 Å². The first kappa shape index (κ1) is 10.7. The Labute approximate surface area is 82.3 Å². The standard InChI is InChI=1S/C10H13NO3/c1-7-3-4-9(5-8(2)12)6-10(7)11(13)14/h3-4,6,8,12H,5H2,1-2H3. The van der Waals surface area contributed by atoms with Crippen LogP contribution in [0.3, 0.4) is 0 Å². The van der Waals surface area contributed by atoms with Gasteiger partial charge in [-0.2, -0.15) is 0 Å². The highest BCUT2D eigenvalue weighted by Gasteiger charge is 2.11. The van der Waals surface area contributed by atoms with Crippen LogP contribution in [0.2, 0.25) is 0 Å². The smallest absolute Gasteiger partial charge is 0.272 e. The molecule has 0 spiro atoms. The molecular formula is C10H13NO3. The summed E-state index contributed by atoms with van der Waals surface area (Å²) in [4.78, 5) is 10.2. The van der Waals surface area contributed by atoms with E-state index in [-0.39, 0.29) is 5.69 Å². The molecule has 1 aromatic rings. The van der Waals surface area contributed by atoms with Gasteiger partial charge in [-0.3, -0.25) is 10.1 Å². The van der Waals surface area contributed by atoms with Gasteiger partial charge in [-0.1, -0.05) is 12.1 Å². The lowest BCUT2D eigenvalue weighted by Crippen LogP contribution is -2.04. The van der Waals surface area contributed by atoms with Crippen LogP contribution in [0.5, 0.6) is 0 Å². The molecular weight excluding hydrogens is 182 g/mol. The van der Waals surface area contributed by atoms with Gasteiger partial charge in [0.2, 0.25) is 0 Å². The van der Waals surface area contributed by atoms with Gasteiger partial charge in [0, 0.05) is 11.6 Å². The number of aliphatic hydroxyl groups excluding tert-OH is 1. The Morgan fingerprint density at radius 2 is 2.21 bits per heavy atom. The lowest BCUT2D eigenvalue weighted by molar-refractivity contribution is -0.385. The third-order valence-corrected chi connectivity index (χ3v) is 2.00. The van der Waals surface area contributed by atoms with Gasteiger partial charge in [0.25, 0.3) is 5.69 Å². The summed E-state index contributed by atoms with van der Waals surface area (Å²) in [7, 11) is 0. The molecule has 0 bridgehead atoms. The molecule has 1 aromatic carbocycles. The molecule has 0 aliphatic carbocycles. The van der Waals surface area contributed by atoms with Crippen LogP contribution in [0.15, 0.2) is 18.2 Å². The number of hydrogen-bond acceptors (Lipinski definition) is 3. The predicted octanol–water partition coefficient (Wildman–Crippen LogP) is 1.83. The average molecular weight is 195 g/mol. The Morgan fingerprint density at radius 3 is 2.71 bits per heavy atom. The Bertz CT molecular complexity index is 347. The van der Waals surface area contributed by atoms with Crippen molar-refractivity contribution in [2.45, 2.75) is 26.4 Å². The molecule has 0 fully saturated rings. The molecule has 0 saturated carbocycles. The Balaban J connectivity index is 3.00. The topological polar surface area (TPSA) is 63.4 Å². The maximum atomic E-state index is 10.6. The molecule has 1 N–H and O–H groups in total. The average Bonchev–Trinajstić information content (AvgIpc) is 2.07. The monoisotopic (exact) mass is 195 g/mol. The molecule has 0 aliphatic heterocycles. The third-order valence-electron chi connectivity index (χ3n) is 2.00. The Kier molecular flexibility index (Phi) is 3.19. The first-order chi connectivity index (χ1) is 6.50. The maximum absolute atomic E-state index is 10.6. The minimum absolute atomic E-state index is 0.114. The molecule has 1 rings (SSSR count). The van der Waals surface area contributed by atoms with E-state index in [1.165, 1.54) is 6.07 Å². The molecule has 4 nitrogen and oxygen atoms in total. The minimum Gasteiger partial charge on any atom is -0.393 e. The van der Waals surface area contributed by atoms with Gasteiger partial charge in [0.05, 0.1) is 11.0 Å². The molecule has 0 amide bonds. The minimum atomic E-state index is -0.475. The summed E-state index contributed by atoms with van der Waals surface area (Å²) in [5, 5.41) is 19.7. The molecule has 4 heteroatoms. The van der Waals surface area contributed by atoms with Gasteiger partial charge in [-0.15, -0.1) is 0 Å². The van der Waals surface area contributed by atoms with E-state index in [0.717, 1.165) is 5.56 Å². The summed E-state index contributed by atoms with van der Waals surface area (Å²) in [6.07, 6.45) is -0.0292. The molecule has 1 unspecified atom stereocenters. The van der Waals surface area contributed by atoms with Crippen molar-refractivity contribution >= 4 is 5.69 Å². The molecule has 0 aliphatic rings. The predicted molar refractivity (Wildman–Crippen MR) is 53.2 cm³/mol. The summed E-state index contributed by atoms with van der Waals surface area (Å²) in [5.74, 6) is 0. The first-order valence-electron chi connectivity index (χ1n) is 4.42. The van der Waals surface area contributed by atoms with Crippen molar-refractivity contribution in [2.24, 2.45) is 0 Å². The summed E-state index contributed by atoms with van der Waals surface area (Å²) < 4.78 is 0. The fraction of sp³-hybridized carbons (Fsp3) is 0.400. The van der Waals surface area contributed by atoms with Crippen LogP contribution in [-0.4, -0.2) is 16.1 Å². The van der Waals surface area contributed by atoms with Crippen LogP contribution >= 0.6 is 0 Å². The maximum Gasteiger partial charge on any atom is 0.272 e. The summed E-state index contributed by atoms with van der Waals surface area (Å²) in [5.41, 5.74) is 1.55. The van der Waals surface area contributed by atoms with Crippen LogP contribution in [0.25, 0.3) is 0 Å². The highest BCUT2D eigenvalue weighted by atomic mass is 16.6. The lowest BCUT2D eigenvalue weighted by Gasteiger charge is -2.04. The number of aryl methyl sites for hydroxylation is 1. The number of benzene rings is 1. The van der Waals surface area contributed by atoms with Crippen LogP contribution in [0.4, 0.5) is 5.69 Å². The van der Waals surface area contributed by atoms with Crippen molar-refractivity contribution in [1.82, 2.24) is 0 Å². The highest BCUT2D eigenvalue weighted by molar-refractivity contribution is 5.42. The first-order valence-corrected chi connectivity index (χ1v) is 4.42. The van der Waals surface area contributed by atoms with E-state index in [9.17, 15) is 10.1 Å². The largest absolute Gasteiger partial charge is 0.393 e. The SMILES string of the molecule is Cc1ccc(CC(C)O)cc1[N+](=O)[O-]. The van der Waals surface area contributed by atoms with E-state index in [0.29, 0.717) is 12.0 Å². The quantitative estimate of drug-likeness (QED) is 0.591. The van der Waals surface area contributed by atoms with Crippen molar-refractivity contribution in [2.75, 3.05) is 0 Å². The zero-order valence-electron chi connectivity index (χ0n) is 8.23. The molecule has 0 aromatic heterocycles. The summed E-state index contributed by atoms with van der Waals surface area (Å²) in [6.45, 7) is 3.36. The zero-order valence-corrected chi connectivity index (χ0v) is 8.23. The van der Waals surface area contributed by atoms with Crippen LogP contribution < -0.4 is 0 Å². The number of aliphatic hydroxyl groups is 1. The van der Waals surface area contributed by atoms with Crippen molar-refractivity contribution in [3.8, 4) is 0 Å². The molecule has 0 saturated heterocycles. The van der Waals surface area contributed by atoms with Crippen molar-refractivity contribution in [1.29, 1.82) is 0 Å². The number of nitrogens with zero attached hydrogens (tertiary/aromatic N) is 1. The summed E-state index contributed by atoms with van der Waals surface area (Å²) >= 11 is 0. The fourth-order valence-corrected chi connectivity index (χ4v) is 1.32. The normalized spacial score (nSPS) is 12.5. The molecule has 1 atom stereocenters. The van der Waals surface area contributed by atoms with Crippen LogP contribution in [0.1, 0.15) is 18.1 Å². The lowest BCUT2D eigenvalue weighted by atomic mass is 10.1. The van der Waals surface area contributed by atoms with E-state index in [2.05, 4.69) is 0 Å². The fourth-order valence-electron chi connectivity index (χ4n) is 1.32. The number of hydrogen-bond donors (Lipinski definition) is 1. The third kappa shape index (κ3) is 2.53. The Hall–Kier alpha value is -1.42. The van der Waals surface area contributed by atoms with Gasteiger partial charge < -0.3 is 5.11 Å². The molecule has 0 radical (unpaired) electrons. The number of rotatable bonds is 3. The van der Waals surface area contributed by atoms with Gasteiger partial charge in [-0.25, -0.2) is 0 Å². The van der Waals surface area contributed by atoms with E-state index >= 15 is 0 Å². The molecule has 0 heterocycles. The molecule has 14 heavy (non-hydrogen) atoms. The number of nitro groups is 1. The van der Waals surface area contributed by atoms with Gasteiger partial charge in [-0.05, 0) is 25.8 Å². The second kappa shape index (κ2) is 4.19. The van der Waals surface area contributed by atoms with Crippen molar-refractivity contribution < 1.29 is 10.0 Å². The van der Waals surface area contributed by atoms with E-state index in [1.54, 1.807) is 26.0 Å². The highest BCUT2D eigenvalue weighted by Crippen LogP contribution is 2.19. The second-order valence-electron chi connectivity index (χ2n) is 3.43. The second-order valence-corrected chi connectivity index (χ2v) is 3.43. The van der Waals surface area contributed by atoms with E-state index in [4.69, 9.17) is 5.11 Å². The van der Waals surface area contributed by atoms with E-state index < -0.39 is 11.0 Å².